The van der Waals surface area contributed by atoms with E-state index in [0.717, 1.165) is 40.9 Å². The molecule has 1 atom stereocenters. The highest BCUT2D eigenvalue weighted by molar-refractivity contribution is 7.97. The summed E-state index contributed by atoms with van der Waals surface area (Å²) in [7, 11) is 1.68. The van der Waals surface area contributed by atoms with Crippen molar-refractivity contribution in [3.8, 4) is 0 Å². The van der Waals surface area contributed by atoms with E-state index < -0.39 is 17.6 Å². The molecule has 0 radical (unpaired) electrons. The van der Waals surface area contributed by atoms with Crippen LogP contribution in [0.5, 0.6) is 0 Å². The molecule has 1 aliphatic heterocycles. The fourth-order valence-corrected chi connectivity index (χ4v) is 5.97. The minimum absolute atomic E-state index is 0.145. The number of nitrogens with zero attached hydrogens (tertiary/aromatic N) is 6. The molecule has 12 nitrogen and oxygen atoms in total. The molecule has 44 heavy (non-hydrogen) atoms. The van der Waals surface area contributed by atoms with Crippen LogP contribution in [-0.2, 0) is 13.0 Å². The summed E-state index contributed by atoms with van der Waals surface area (Å²) in [5.41, 5.74) is 2.78. The van der Waals surface area contributed by atoms with Gasteiger partial charge in [0.05, 0.1) is 28.8 Å². The van der Waals surface area contributed by atoms with E-state index in [9.17, 15) is 24.2 Å². The molecule has 15 heteroatoms. The molecule has 4 heterocycles. The van der Waals surface area contributed by atoms with Crippen molar-refractivity contribution in [1.82, 2.24) is 29.0 Å². The van der Waals surface area contributed by atoms with E-state index in [2.05, 4.69) is 20.1 Å². The number of fused-ring (bicyclic) bond motifs is 1. The molecule has 1 aromatic carbocycles. The molecule has 0 saturated carbocycles. The Kier molecular flexibility index (Phi) is 8.89. The summed E-state index contributed by atoms with van der Waals surface area (Å²) in [5.74, 6) is -3.05. The molecular formula is C29H34ClFN8O4S. The molecule has 4 aromatic rings. The number of rotatable bonds is 8. The van der Waals surface area contributed by atoms with Gasteiger partial charge in [0.1, 0.15) is 10.8 Å². The predicted molar refractivity (Wildman–Crippen MR) is 168 cm³/mol. The Morgan fingerprint density at radius 1 is 1.23 bits per heavy atom. The van der Waals surface area contributed by atoms with Gasteiger partial charge in [-0.2, -0.15) is 5.10 Å². The number of halogens is 2. The zero-order valence-electron chi connectivity index (χ0n) is 24.9. The van der Waals surface area contributed by atoms with E-state index in [4.69, 9.17) is 16.6 Å². The molecule has 0 aliphatic carbocycles. The number of hydrogen-bond acceptors (Lipinski definition) is 10. The maximum absolute atomic E-state index is 14.7. The van der Waals surface area contributed by atoms with Crippen LogP contribution >= 0.6 is 23.5 Å². The lowest BCUT2D eigenvalue weighted by Crippen LogP contribution is -2.38. The van der Waals surface area contributed by atoms with Crippen LogP contribution in [0.1, 0.15) is 66.0 Å². The lowest BCUT2D eigenvalue weighted by atomic mass is 9.93. The second-order valence-electron chi connectivity index (χ2n) is 11.1. The Morgan fingerprint density at radius 3 is 2.57 bits per heavy atom. The Bertz CT molecular complexity index is 1780. The zero-order valence-corrected chi connectivity index (χ0v) is 26.5. The Morgan fingerprint density at radius 2 is 1.93 bits per heavy atom. The van der Waals surface area contributed by atoms with Gasteiger partial charge in [-0.15, -0.1) is 0 Å². The molecule has 1 amide bonds. The molecule has 0 spiro atoms. The Balaban J connectivity index is 1.46. The number of nitrogens with one attached hydrogen (secondary N) is 2. The fraction of sp³-hybridized carbons (Fsp3) is 0.414. The topological polar surface area (TPSA) is 150 Å². The van der Waals surface area contributed by atoms with Crippen LogP contribution in [0.3, 0.4) is 0 Å². The van der Waals surface area contributed by atoms with Gasteiger partial charge in [0.25, 0.3) is 17.4 Å². The normalized spacial score (nSPS) is 15.1. The average molecular weight is 645 g/mol. The number of aryl methyl sites for hydroxylation is 1. The van der Waals surface area contributed by atoms with Gasteiger partial charge < -0.3 is 20.4 Å². The summed E-state index contributed by atoms with van der Waals surface area (Å²) in [5, 5.41) is 27.7. The fourth-order valence-electron chi connectivity index (χ4n) is 5.54. The van der Waals surface area contributed by atoms with Crippen LogP contribution in [-0.4, -0.2) is 59.8 Å². The van der Waals surface area contributed by atoms with Gasteiger partial charge in [0, 0.05) is 44.8 Å². The Labute approximate surface area is 262 Å². The van der Waals surface area contributed by atoms with Crippen LogP contribution in [0, 0.1) is 12.7 Å². The second-order valence-corrected chi connectivity index (χ2v) is 12.1. The van der Waals surface area contributed by atoms with E-state index in [1.807, 2.05) is 30.9 Å². The molecule has 1 unspecified atom stereocenters. The van der Waals surface area contributed by atoms with Crippen LogP contribution < -0.4 is 20.5 Å². The van der Waals surface area contributed by atoms with Crippen molar-refractivity contribution in [3.05, 3.63) is 74.3 Å². The van der Waals surface area contributed by atoms with Crippen molar-refractivity contribution in [2.24, 2.45) is 7.05 Å². The number of amides is 1. The molecule has 1 aliphatic rings. The van der Waals surface area contributed by atoms with Crippen molar-refractivity contribution in [2.45, 2.75) is 51.5 Å². The maximum Gasteiger partial charge on any atom is 0.281 e. The average Bonchev–Trinajstić information content (AvgIpc) is 3.38. The van der Waals surface area contributed by atoms with Crippen molar-refractivity contribution in [1.29, 1.82) is 0 Å². The van der Waals surface area contributed by atoms with Crippen molar-refractivity contribution >= 4 is 52.0 Å². The first kappa shape index (κ1) is 31.7. The largest absolute Gasteiger partial charge is 0.377 e. The SMILES string of the molecule is CSNC(=O)c1nc(Cl)ccc1NC(C)c1cc(C)cc2c(=O)n(C)c(N3CCC(c4nn(C(C)(O)O)cc4F)CC3)nc12. The summed E-state index contributed by atoms with van der Waals surface area (Å²) in [4.78, 5) is 37.5. The third-order valence-corrected chi connectivity index (χ3v) is 8.33. The molecule has 1 fully saturated rings. The molecule has 5 rings (SSSR count). The van der Waals surface area contributed by atoms with E-state index in [-0.39, 0.29) is 34.1 Å². The van der Waals surface area contributed by atoms with Crippen LogP contribution in [0.25, 0.3) is 10.9 Å². The first-order valence-corrected chi connectivity index (χ1v) is 15.6. The smallest absolute Gasteiger partial charge is 0.281 e. The van der Waals surface area contributed by atoms with Gasteiger partial charge in [0.2, 0.25) is 5.95 Å². The van der Waals surface area contributed by atoms with Gasteiger partial charge in [-0.25, -0.2) is 19.0 Å². The number of carbonyl (C=O) groups excluding carboxylic acids is 1. The maximum atomic E-state index is 14.7. The molecule has 0 bridgehead atoms. The monoisotopic (exact) mass is 644 g/mol. The van der Waals surface area contributed by atoms with Crippen molar-refractivity contribution in [3.63, 3.8) is 0 Å². The van der Waals surface area contributed by atoms with Gasteiger partial charge >= 0.3 is 0 Å². The highest BCUT2D eigenvalue weighted by Crippen LogP contribution is 2.33. The first-order valence-electron chi connectivity index (χ1n) is 14.0. The molecule has 4 N–H and O–H groups in total. The lowest BCUT2D eigenvalue weighted by molar-refractivity contribution is -0.220. The first-order chi connectivity index (χ1) is 20.8. The number of aliphatic hydroxyl groups is 2. The standard InChI is InChI=1S/C29H34ClFN8O4S/c1-15-12-18(16(2)32-21-6-7-22(30)33-25(21)26(40)36-44-5)24-19(13-15)27(41)37(4)28(34-24)38-10-8-17(9-11-38)23-20(31)14-39(35-23)29(3,42)43/h6-7,12-14,16-17,32,42-43H,8-11H2,1-5H3,(H,36,40). The highest BCUT2D eigenvalue weighted by Gasteiger charge is 2.30. The molecule has 3 aromatic heterocycles. The summed E-state index contributed by atoms with van der Waals surface area (Å²) in [6.45, 7) is 5.90. The predicted octanol–water partition coefficient (Wildman–Crippen LogP) is 3.81. The third-order valence-electron chi connectivity index (χ3n) is 7.73. The van der Waals surface area contributed by atoms with E-state index >= 15 is 0 Å². The zero-order chi connectivity index (χ0) is 31.9. The number of piperidine rings is 1. The van der Waals surface area contributed by atoms with Gasteiger partial charge in [-0.1, -0.05) is 29.6 Å². The summed E-state index contributed by atoms with van der Waals surface area (Å²) in [6.07, 6.45) is 3.77. The van der Waals surface area contributed by atoms with Crippen LogP contribution in [0.15, 0.2) is 35.3 Å². The third kappa shape index (κ3) is 6.25. The minimum atomic E-state index is -2.30. The van der Waals surface area contributed by atoms with E-state index in [0.29, 0.717) is 48.5 Å². The molecule has 234 valence electrons. The van der Waals surface area contributed by atoms with E-state index in [1.54, 1.807) is 25.4 Å². The van der Waals surface area contributed by atoms with E-state index in [1.165, 1.54) is 4.57 Å². The number of pyridine rings is 1. The van der Waals surface area contributed by atoms with Crippen LogP contribution in [0.2, 0.25) is 5.15 Å². The van der Waals surface area contributed by atoms with Gasteiger partial charge in [0.15, 0.2) is 11.5 Å². The Hall–Kier alpha value is -3.72. The lowest BCUT2D eigenvalue weighted by Gasteiger charge is -2.33. The minimum Gasteiger partial charge on any atom is -0.377 e. The molecule has 1 saturated heterocycles. The van der Waals surface area contributed by atoms with Gasteiger partial charge in [-0.3, -0.25) is 18.9 Å². The van der Waals surface area contributed by atoms with Crippen molar-refractivity contribution in [2.75, 3.05) is 29.6 Å². The number of carbonyl (C=O) groups is 1. The molecular weight excluding hydrogens is 611 g/mol. The number of benzene rings is 1. The quantitative estimate of drug-likeness (QED) is 0.127. The van der Waals surface area contributed by atoms with Crippen LogP contribution in [0.4, 0.5) is 16.0 Å². The number of hydrogen-bond donors (Lipinski definition) is 4. The highest BCUT2D eigenvalue weighted by atomic mass is 35.5. The second kappa shape index (κ2) is 12.3. The number of anilines is 2. The van der Waals surface area contributed by atoms with Gasteiger partial charge in [-0.05, 0) is 50.5 Å². The summed E-state index contributed by atoms with van der Waals surface area (Å²) in [6, 6.07) is 6.69. The summed E-state index contributed by atoms with van der Waals surface area (Å²) < 4.78 is 19.7. The van der Waals surface area contributed by atoms with Crippen molar-refractivity contribution < 1.29 is 19.4 Å². The number of aromatic nitrogens is 5. The summed E-state index contributed by atoms with van der Waals surface area (Å²) >= 11 is 7.24.